The Morgan fingerprint density at radius 2 is 1.71 bits per heavy atom. The van der Waals surface area contributed by atoms with Crippen molar-refractivity contribution in [3.05, 3.63) is 44.7 Å². The molecule has 14 heavy (non-hydrogen) atoms. The zero-order valence-electron chi connectivity index (χ0n) is 7.28. The summed E-state index contributed by atoms with van der Waals surface area (Å²) in [6, 6.07) is 6.72. The van der Waals surface area contributed by atoms with E-state index in [4.69, 9.17) is 11.5 Å². The maximum atomic E-state index is 11.2. The van der Waals surface area contributed by atoms with Gasteiger partial charge in [0.2, 0.25) is 10.9 Å². The van der Waals surface area contributed by atoms with Crippen LogP contribution >= 0.6 is 0 Å². The van der Waals surface area contributed by atoms with Crippen molar-refractivity contribution in [1.29, 1.82) is 0 Å². The second-order valence-electron chi connectivity index (χ2n) is 3.07. The molecule has 0 unspecified atom stereocenters. The molecule has 0 aliphatic heterocycles. The van der Waals surface area contributed by atoms with Crippen LogP contribution in [0.5, 0.6) is 0 Å². The molecule has 0 saturated carbocycles. The summed E-state index contributed by atoms with van der Waals surface area (Å²) in [5.41, 5.74) is 11.3. The lowest BCUT2D eigenvalue weighted by Crippen LogP contribution is -2.35. The van der Waals surface area contributed by atoms with Crippen LogP contribution in [0.3, 0.4) is 0 Å². The van der Waals surface area contributed by atoms with Gasteiger partial charge in [-0.3, -0.25) is 9.59 Å². The zero-order valence-corrected chi connectivity index (χ0v) is 7.28. The first-order valence-corrected chi connectivity index (χ1v) is 4.06. The highest BCUT2D eigenvalue weighted by atomic mass is 16.2. The van der Waals surface area contributed by atoms with Crippen LogP contribution in [-0.2, 0) is 0 Å². The maximum absolute atomic E-state index is 11.2. The molecule has 0 fully saturated rings. The third-order valence-electron chi connectivity index (χ3n) is 2.12. The minimum atomic E-state index is -0.609. The molecule has 0 aliphatic carbocycles. The number of benzene rings is 1. The van der Waals surface area contributed by atoms with Gasteiger partial charge in [0, 0.05) is 5.69 Å². The Kier molecular flexibility index (Phi) is 1.64. The minimum Gasteiger partial charge on any atom is -0.399 e. The Balaban J connectivity index is 2.63. The number of hydrogen-bond donors (Lipinski definition) is 2. The van der Waals surface area contributed by atoms with Crippen molar-refractivity contribution in [2.75, 3.05) is 11.5 Å². The van der Waals surface area contributed by atoms with Gasteiger partial charge in [-0.15, -0.1) is 0 Å². The van der Waals surface area contributed by atoms with Crippen molar-refractivity contribution >= 4 is 11.4 Å². The fourth-order valence-electron chi connectivity index (χ4n) is 1.39. The van der Waals surface area contributed by atoms with E-state index in [9.17, 15) is 9.59 Å². The van der Waals surface area contributed by atoms with E-state index in [0.29, 0.717) is 11.3 Å². The molecule has 4 N–H and O–H groups in total. The van der Waals surface area contributed by atoms with E-state index in [-0.39, 0.29) is 11.3 Å². The van der Waals surface area contributed by atoms with Crippen molar-refractivity contribution in [2.45, 2.75) is 0 Å². The van der Waals surface area contributed by atoms with Crippen LogP contribution in [-0.4, -0.2) is 0 Å². The number of rotatable bonds is 1. The fourth-order valence-corrected chi connectivity index (χ4v) is 1.39. The first-order chi connectivity index (χ1) is 6.61. The highest BCUT2D eigenvalue weighted by molar-refractivity contribution is 5.81. The Morgan fingerprint density at radius 1 is 1.00 bits per heavy atom. The smallest absolute Gasteiger partial charge is 0.249 e. The Labute approximate surface area is 79.5 Å². The molecule has 0 amide bonds. The number of hydrogen-bond acceptors (Lipinski definition) is 4. The molecule has 0 aromatic heterocycles. The zero-order chi connectivity index (χ0) is 10.3. The Morgan fingerprint density at radius 3 is 2.29 bits per heavy atom. The normalized spacial score (nSPS) is 10.6. The standard InChI is InChI=1S/C10H8N2O2/c11-6-3-1-2-5(4-6)7-8(12)10(14)9(7)13/h1-4H,11-12H2. The maximum Gasteiger partial charge on any atom is 0.249 e. The lowest BCUT2D eigenvalue weighted by atomic mass is 9.99. The van der Waals surface area contributed by atoms with Gasteiger partial charge in [-0.25, -0.2) is 0 Å². The topological polar surface area (TPSA) is 86.2 Å². The largest absolute Gasteiger partial charge is 0.399 e. The predicted molar refractivity (Wildman–Crippen MR) is 55.6 cm³/mol. The molecule has 2 aromatic rings. The van der Waals surface area contributed by atoms with Crippen molar-refractivity contribution in [2.24, 2.45) is 0 Å². The van der Waals surface area contributed by atoms with E-state index in [2.05, 4.69) is 0 Å². The van der Waals surface area contributed by atoms with Crippen LogP contribution in [0.15, 0.2) is 33.9 Å². The van der Waals surface area contributed by atoms with E-state index >= 15 is 0 Å². The van der Waals surface area contributed by atoms with Crippen LogP contribution in [0.25, 0.3) is 11.1 Å². The van der Waals surface area contributed by atoms with Gasteiger partial charge in [-0.2, -0.15) is 0 Å². The van der Waals surface area contributed by atoms with Crippen LogP contribution in [0.1, 0.15) is 0 Å². The molecule has 0 spiro atoms. The molecule has 0 aliphatic rings. The SMILES string of the molecule is Nc1cccc(-c2c(N)c(=O)c2=O)c1. The summed E-state index contributed by atoms with van der Waals surface area (Å²) in [7, 11) is 0. The average molecular weight is 188 g/mol. The second-order valence-corrected chi connectivity index (χ2v) is 3.07. The third-order valence-corrected chi connectivity index (χ3v) is 2.12. The summed E-state index contributed by atoms with van der Waals surface area (Å²) < 4.78 is 0. The molecular weight excluding hydrogens is 180 g/mol. The number of nitrogen functional groups attached to an aromatic ring is 2. The molecule has 0 radical (unpaired) electrons. The Hall–Kier alpha value is -2.10. The average Bonchev–Trinajstić information content (AvgIpc) is 2.18. The van der Waals surface area contributed by atoms with Crippen molar-refractivity contribution in [3.8, 4) is 11.1 Å². The van der Waals surface area contributed by atoms with Crippen molar-refractivity contribution in [3.63, 3.8) is 0 Å². The molecule has 2 rings (SSSR count). The molecule has 0 saturated heterocycles. The second kappa shape index (κ2) is 2.70. The lowest BCUT2D eigenvalue weighted by Gasteiger charge is -2.06. The van der Waals surface area contributed by atoms with Gasteiger partial charge in [0.25, 0.3) is 0 Å². The third kappa shape index (κ3) is 1.01. The van der Waals surface area contributed by atoms with Gasteiger partial charge in [0.1, 0.15) is 0 Å². The summed E-state index contributed by atoms with van der Waals surface area (Å²) in [5, 5.41) is 0. The lowest BCUT2D eigenvalue weighted by molar-refractivity contribution is 1.41. The number of anilines is 2. The van der Waals surface area contributed by atoms with Crippen molar-refractivity contribution < 1.29 is 0 Å². The summed E-state index contributed by atoms with van der Waals surface area (Å²) >= 11 is 0. The summed E-state index contributed by atoms with van der Waals surface area (Å²) in [4.78, 5) is 22.0. The first-order valence-electron chi connectivity index (χ1n) is 4.06. The Bertz CT molecular complexity index is 565. The summed E-state index contributed by atoms with van der Waals surface area (Å²) in [6.45, 7) is 0. The van der Waals surface area contributed by atoms with E-state index in [1.165, 1.54) is 0 Å². The van der Waals surface area contributed by atoms with E-state index in [1.807, 2.05) is 0 Å². The van der Waals surface area contributed by atoms with Crippen LogP contribution < -0.4 is 22.3 Å². The summed E-state index contributed by atoms with van der Waals surface area (Å²) in [6.07, 6.45) is 0. The van der Waals surface area contributed by atoms with E-state index in [0.717, 1.165) is 0 Å². The molecule has 4 heteroatoms. The number of nitrogens with two attached hydrogens (primary N) is 2. The van der Waals surface area contributed by atoms with Crippen LogP contribution in [0, 0.1) is 0 Å². The summed E-state index contributed by atoms with van der Waals surface area (Å²) in [5.74, 6) is 0. The molecule has 0 bridgehead atoms. The minimum absolute atomic E-state index is 0.0283. The highest BCUT2D eigenvalue weighted by Gasteiger charge is 2.18. The molecule has 2 aromatic carbocycles. The molecule has 0 heterocycles. The van der Waals surface area contributed by atoms with Crippen LogP contribution in [0.4, 0.5) is 11.4 Å². The van der Waals surface area contributed by atoms with Crippen molar-refractivity contribution in [1.82, 2.24) is 0 Å². The van der Waals surface area contributed by atoms with Gasteiger partial charge in [0.05, 0.1) is 11.3 Å². The van der Waals surface area contributed by atoms with Gasteiger partial charge in [0.15, 0.2) is 0 Å². The highest BCUT2D eigenvalue weighted by Crippen LogP contribution is 2.22. The quantitative estimate of drug-likeness (QED) is 0.491. The van der Waals surface area contributed by atoms with Gasteiger partial charge >= 0.3 is 0 Å². The fraction of sp³-hybridized carbons (Fsp3) is 0. The molecule has 0 atom stereocenters. The van der Waals surface area contributed by atoms with Gasteiger partial charge in [-0.1, -0.05) is 12.1 Å². The molecular formula is C10H8N2O2. The predicted octanol–water partition coefficient (Wildman–Crippen LogP) is 0.114. The van der Waals surface area contributed by atoms with E-state index < -0.39 is 10.9 Å². The molecule has 70 valence electrons. The first kappa shape index (κ1) is 8.50. The van der Waals surface area contributed by atoms with Gasteiger partial charge < -0.3 is 11.5 Å². The van der Waals surface area contributed by atoms with Gasteiger partial charge in [-0.05, 0) is 17.7 Å². The van der Waals surface area contributed by atoms with E-state index in [1.54, 1.807) is 24.3 Å². The van der Waals surface area contributed by atoms with Crippen LogP contribution in [0.2, 0.25) is 0 Å². The molecule has 4 nitrogen and oxygen atoms in total. The monoisotopic (exact) mass is 188 g/mol.